The maximum atomic E-state index is 10.4. The summed E-state index contributed by atoms with van der Waals surface area (Å²) < 4.78 is 4.79. The molecule has 2 rings (SSSR count). The number of hydrogen-bond acceptors (Lipinski definition) is 4. The normalized spacial score (nSPS) is 17.2. The van der Waals surface area contributed by atoms with Crippen molar-refractivity contribution in [2.75, 3.05) is 13.1 Å². The van der Waals surface area contributed by atoms with Crippen LogP contribution in [-0.2, 0) is 0 Å². The molecule has 1 fully saturated rings. The van der Waals surface area contributed by atoms with Crippen LogP contribution in [0.3, 0.4) is 0 Å². The Kier molecular flexibility index (Phi) is 1.68. The lowest BCUT2D eigenvalue weighted by Gasteiger charge is -2.34. The minimum absolute atomic E-state index is 0.105. The van der Waals surface area contributed by atoms with E-state index in [1.54, 1.807) is 6.92 Å². The Hall–Kier alpha value is -1.59. The summed E-state index contributed by atoms with van der Waals surface area (Å²) in [5.41, 5.74) is 0. The Morgan fingerprint density at radius 2 is 2.38 bits per heavy atom. The molecule has 1 N–H and O–H groups in total. The number of carbonyl (C=O) groups is 1. The Balaban J connectivity index is 1.97. The highest BCUT2D eigenvalue weighted by molar-refractivity contribution is 5.66. The Morgan fingerprint density at radius 3 is 2.85 bits per heavy atom. The van der Waals surface area contributed by atoms with Crippen molar-refractivity contribution in [3.63, 3.8) is 0 Å². The molecule has 0 atom stereocenters. The van der Waals surface area contributed by atoms with Crippen LogP contribution in [0.15, 0.2) is 4.52 Å². The minimum Gasteiger partial charge on any atom is -0.465 e. The first kappa shape index (κ1) is 8.03. The van der Waals surface area contributed by atoms with Gasteiger partial charge in [-0.3, -0.25) is 0 Å². The molecule has 1 aromatic heterocycles. The lowest BCUT2D eigenvalue weighted by Crippen LogP contribution is -2.48. The maximum absolute atomic E-state index is 10.4. The molecule has 1 aliphatic heterocycles. The predicted molar refractivity (Wildman–Crippen MR) is 41.4 cm³/mol. The third kappa shape index (κ3) is 1.34. The highest BCUT2D eigenvalue weighted by atomic mass is 16.5. The van der Waals surface area contributed by atoms with Gasteiger partial charge in [-0.15, -0.1) is 0 Å². The number of aryl methyl sites for hydroxylation is 1. The standard InChI is InChI=1S/C7H9N3O3/c1-4-8-6(9-13-4)5-2-10(3-5)7(11)12/h5H,2-3H2,1H3,(H,11,12). The summed E-state index contributed by atoms with van der Waals surface area (Å²) >= 11 is 0. The summed E-state index contributed by atoms with van der Waals surface area (Å²) in [5.74, 6) is 1.23. The summed E-state index contributed by atoms with van der Waals surface area (Å²) in [4.78, 5) is 15.8. The third-order valence-corrected chi connectivity index (χ3v) is 2.06. The molecular formula is C7H9N3O3. The number of amides is 1. The molecule has 0 spiro atoms. The second-order valence-corrected chi connectivity index (χ2v) is 3.06. The van der Waals surface area contributed by atoms with Gasteiger partial charge < -0.3 is 14.5 Å². The lowest BCUT2D eigenvalue weighted by atomic mass is 10.0. The molecule has 0 bridgehead atoms. The molecule has 6 heteroatoms. The second kappa shape index (κ2) is 2.72. The fraction of sp³-hybridized carbons (Fsp3) is 0.571. The monoisotopic (exact) mass is 183 g/mol. The van der Waals surface area contributed by atoms with Gasteiger partial charge in [0.2, 0.25) is 5.89 Å². The van der Waals surface area contributed by atoms with Crippen molar-refractivity contribution in [2.45, 2.75) is 12.8 Å². The van der Waals surface area contributed by atoms with Gasteiger partial charge in [0.15, 0.2) is 5.82 Å². The molecule has 0 radical (unpaired) electrons. The Morgan fingerprint density at radius 1 is 1.69 bits per heavy atom. The molecule has 0 aromatic carbocycles. The lowest BCUT2D eigenvalue weighted by molar-refractivity contribution is 0.102. The van der Waals surface area contributed by atoms with Gasteiger partial charge in [0.05, 0.1) is 5.92 Å². The van der Waals surface area contributed by atoms with Gasteiger partial charge in [-0.05, 0) is 0 Å². The van der Waals surface area contributed by atoms with E-state index in [9.17, 15) is 4.79 Å². The van der Waals surface area contributed by atoms with Crippen LogP contribution in [0.2, 0.25) is 0 Å². The molecule has 0 aliphatic carbocycles. The molecule has 1 saturated heterocycles. The number of rotatable bonds is 1. The maximum Gasteiger partial charge on any atom is 0.407 e. The number of nitrogens with zero attached hydrogens (tertiary/aromatic N) is 3. The zero-order chi connectivity index (χ0) is 9.42. The van der Waals surface area contributed by atoms with Crippen molar-refractivity contribution in [2.24, 2.45) is 0 Å². The molecule has 2 heterocycles. The molecule has 1 amide bonds. The van der Waals surface area contributed by atoms with Crippen LogP contribution >= 0.6 is 0 Å². The Labute approximate surface area is 74.2 Å². The number of likely N-dealkylation sites (tertiary alicyclic amines) is 1. The average Bonchev–Trinajstić information content (AvgIpc) is 2.31. The molecule has 1 aliphatic rings. The van der Waals surface area contributed by atoms with Crippen molar-refractivity contribution < 1.29 is 14.4 Å². The minimum atomic E-state index is -0.892. The SMILES string of the molecule is Cc1nc(C2CN(C(=O)O)C2)no1. The summed E-state index contributed by atoms with van der Waals surface area (Å²) in [6.45, 7) is 2.65. The summed E-state index contributed by atoms with van der Waals surface area (Å²) in [5, 5.41) is 12.3. The van der Waals surface area contributed by atoms with Crippen molar-refractivity contribution in [1.82, 2.24) is 15.0 Å². The summed E-state index contributed by atoms with van der Waals surface area (Å²) in [7, 11) is 0. The first-order valence-electron chi connectivity index (χ1n) is 3.95. The molecule has 13 heavy (non-hydrogen) atoms. The highest BCUT2D eigenvalue weighted by Gasteiger charge is 2.34. The number of hydrogen-bond donors (Lipinski definition) is 1. The van der Waals surface area contributed by atoms with Gasteiger partial charge in [0.25, 0.3) is 0 Å². The van der Waals surface area contributed by atoms with Crippen molar-refractivity contribution >= 4 is 6.09 Å². The van der Waals surface area contributed by atoms with Crippen molar-refractivity contribution in [3.05, 3.63) is 11.7 Å². The summed E-state index contributed by atoms with van der Waals surface area (Å²) in [6.07, 6.45) is -0.892. The van der Waals surface area contributed by atoms with Gasteiger partial charge >= 0.3 is 6.09 Å². The van der Waals surface area contributed by atoms with E-state index in [-0.39, 0.29) is 5.92 Å². The van der Waals surface area contributed by atoms with Crippen LogP contribution in [0.25, 0.3) is 0 Å². The van der Waals surface area contributed by atoms with Crippen LogP contribution in [0.5, 0.6) is 0 Å². The van der Waals surface area contributed by atoms with E-state index in [0.717, 1.165) is 0 Å². The summed E-state index contributed by atoms with van der Waals surface area (Å²) in [6, 6.07) is 0. The van der Waals surface area contributed by atoms with Gasteiger partial charge in [-0.1, -0.05) is 5.16 Å². The molecule has 6 nitrogen and oxygen atoms in total. The smallest absolute Gasteiger partial charge is 0.407 e. The van der Waals surface area contributed by atoms with Crippen LogP contribution in [0.1, 0.15) is 17.6 Å². The molecule has 0 unspecified atom stereocenters. The molecular weight excluding hydrogens is 174 g/mol. The first-order valence-corrected chi connectivity index (χ1v) is 3.95. The molecule has 1 aromatic rings. The number of carboxylic acid groups (broad SMARTS) is 1. The van der Waals surface area contributed by atoms with Gasteiger partial charge in [-0.2, -0.15) is 4.98 Å². The van der Waals surface area contributed by atoms with E-state index in [0.29, 0.717) is 24.8 Å². The Bertz CT molecular complexity index is 329. The van der Waals surface area contributed by atoms with Gasteiger partial charge in [0.1, 0.15) is 0 Å². The third-order valence-electron chi connectivity index (χ3n) is 2.06. The number of aromatic nitrogens is 2. The van der Waals surface area contributed by atoms with E-state index in [4.69, 9.17) is 9.63 Å². The second-order valence-electron chi connectivity index (χ2n) is 3.06. The molecule has 70 valence electrons. The van der Waals surface area contributed by atoms with E-state index in [1.807, 2.05) is 0 Å². The van der Waals surface area contributed by atoms with Gasteiger partial charge in [-0.25, -0.2) is 4.79 Å². The van der Waals surface area contributed by atoms with E-state index in [2.05, 4.69) is 10.1 Å². The van der Waals surface area contributed by atoms with Gasteiger partial charge in [0, 0.05) is 20.0 Å². The van der Waals surface area contributed by atoms with Crippen LogP contribution in [0.4, 0.5) is 4.79 Å². The van der Waals surface area contributed by atoms with E-state index < -0.39 is 6.09 Å². The topological polar surface area (TPSA) is 79.5 Å². The van der Waals surface area contributed by atoms with Crippen LogP contribution in [0, 0.1) is 6.92 Å². The van der Waals surface area contributed by atoms with Crippen molar-refractivity contribution in [3.8, 4) is 0 Å². The van der Waals surface area contributed by atoms with Crippen LogP contribution in [-0.4, -0.2) is 39.3 Å². The largest absolute Gasteiger partial charge is 0.465 e. The fourth-order valence-electron chi connectivity index (χ4n) is 1.28. The fourth-order valence-corrected chi connectivity index (χ4v) is 1.28. The van der Waals surface area contributed by atoms with Crippen molar-refractivity contribution in [1.29, 1.82) is 0 Å². The molecule has 0 saturated carbocycles. The quantitative estimate of drug-likeness (QED) is 0.683. The van der Waals surface area contributed by atoms with Crippen LogP contribution < -0.4 is 0 Å². The predicted octanol–water partition coefficient (Wildman–Crippen LogP) is 0.455. The van der Waals surface area contributed by atoms with E-state index >= 15 is 0 Å². The zero-order valence-electron chi connectivity index (χ0n) is 7.10. The average molecular weight is 183 g/mol. The first-order chi connectivity index (χ1) is 6.16. The zero-order valence-corrected chi connectivity index (χ0v) is 7.10. The van der Waals surface area contributed by atoms with E-state index in [1.165, 1.54) is 4.90 Å². The highest BCUT2D eigenvalue weighted by Crippen LogP contribution is 2.24.